The van der Waals surface area contributed by atoms with Crippen molar-refractivity contribution in [2.24, 2.45) is 0 Å². The molecule has 0 N–H and O–H groups in total. The molecule has 2 heterocycles. The molecule has 0 saturated heterocycles. The molecule has 0 bridgehead atoms. The molecule has 274 valence electrons. The van der Waals surface area contributed by atoms with E-state index in [9.17, 15) is 0 Å². The van der Waals surface area contributed by atoms with Gasteiger partial charge in [-0.05, 0) is 111 Å². The molecule has 9 aromatic carbocycles. The Kier molecular flexibility index (Phi) is 8.39. The molecule has 1 aromatic heterocycles. The number of hydrogen-bond donors (Lipinski definition) is 0. The minimum Gasteiger partial charge on any atom is -0.310 e. The van der Waals surface area contributed by atoms with Gasteiger partial charge < -0.3 is 9.80 Å². The molecule has 0 fully saturated rings. The molecule has 1 aliphatic rings. The minimum absolute atomic E-state index is 1.13. The average Bonchev–Trinajstić information content (AvgIpc) is 3.81. The van der Waals surface area contributed by atoms with Gasteiger partial charge >= 0.3 is 0 Å². The zero-order valence-electron chi connectivity index (χ0n) is 31.7. The Morgan fingerprint density at radius 2 is 0.741 bits per heavy atom. The monoisotopic (exact) mass is 774 g/mol. The normalized spacial score (nSPS) is 12.6. The van der Waals surface area contributed by atoms with Gasteiger partial charge in [-0.15, -0.1) is 11.3 Å². The van der Waals surface area contributed by atoms with E-state index in [4.69, 9.17) is 0 Å². The van der Waals surface area contributed by atoms with Crippen molar-refractivity contribution in [2.75, 3.05) is 9.80 Å². The highest BCUT2D eigenvalue weighted by Crippen LogP contribution is 2.43. The van der Waals surface area contributed by atoms with Crippen molar-refractivity contribution >= 4 is 94.5 Å². The molecular weight excluding hydrogens is 737 g/mol. The summed E-state index contributed by atoms with van der Waals surface area (Å²) in [6, 6.07) is 85.1. The lowest BCUT2D eigenvalue weighted by atomic mass is 10.0. The lowest BCUT2D eigenvalue weighted by Gasteiger charge is -2.33. The predicted molar refractivity (Wildman–Crippen MR) is 251 cm³/mol. The van der Waals surface area contributed by atoms with Crippen molar-refractivity contribution in [1.82, 2.24) is 0 Å². The molecule has 58 heavy (non-hydrogen) atoms. The van der Waals surface area contributed by atoms with E-state index < -0.39 is 8.07 Å². The molecule has 0 aliphatic carbocycles. The second-order valence-corrected chi connectivity index (χ2v) is 19.7. The summed E-state index contributed by atoms with van der Waals surface area (Å²) in [6.07, 6.45) is 0. The molecule has 4 heteroatoms. The van der Waals surface area contributed by atoms with Crippen molar-refractivity contribution in [3.8, 4) is 11.1 Å². The zero-order valence-corrected chi connectivity index (χ0v) is 33.6. The quantitative estimate of drug-likeness (QED) is 0.142. The maximum atomic E-state index is 2.52. The lowest BCUT2D eigenvalue weighted by molar-refractivity contribution is 1.28. The Labute approximate surface area is 344 Å². The highest BCUT2D eigenvalue weighted by Gasteiger charge is 2.49. The third-order valence-corrected chi connectivity index (χ3v) is 17.7. The van der Waals surface area contributed by atoms with Gasteiger partial charge in [0.25, 0.3) is 0 Å². The number of para-hydroxylation sites is 3. The minimum atomic E-state index is -2.83. The van der Waals surface area contributed by atoms with Crippen molar-refractivity contribution in [3.63, 3.8) is 0 Å². The van der Waals surface area contributed by atoms with Crippen molar-refractivity contribution in [1.29, 1.82) is 0 Å². The summed E-state index contributed by atoms with van der Waals surface area (Å²) < 4.78 is 2.61. The number of hydrogen-bond acceptors (Lipinski definition) is 3. The van der Waals surface area contributed by atoms with Gasteiger partial charge in [-0.25, -0.2) is 0 Å². The fraction of sp³-hybridized carbons (Fsp3) is 0. The van der Waals surface area contributed by atoms with Gasteiger partial charge in [0.15, 0.2) is 8.07 Å². The van der Waals surface area contributed by atoms with Crippen molar-refractivity contribution in [3.05, 3.63) is 231 Å². The van der Waals surface area contributed by atoms with E-state index in [2.05, 4.69) is 240 Å². The first-order valence-corrected chi connectivity index (χ1v) is 22.7. The first kappa shape index (κ1) is 34.3. The zero-order chi connectivity index (χ0) is 38.5. The number of benzene rings is 9. The molecular formula is C54H38N2SSi. The van der Waals surface area contributed by atoms with Gasteiger partial charge in [-0.2, -0.15) is 0 Å². The maximum Gasteiger partial charge on any atom is 0.180 e. The average molecular weight is 775 g/mol. The van der Waals surface area contributed by atoms with Crippen LogP contribution in [0.4, 0.5) is 34.1 Å². The maximum absolute atomic E-state index is 2.83. The van der Waals surface area contributed by atoms with E-state index in [0.717, 1.165) is 34.1 Å². The molecule has 10 aromatic rings. The van der Waals surface area contributed by atoms with Gasteiger partial charge in [0.2, 0.25) is 0 Å². The number of fused-ring (bicyclic) bond motifs is 6. The first-order valence-electron chi connectivity index (χ1n) is 19.8. The molecule has 0 atom stereocenters. The summed E-state index contributed by atoms with van der Waals surface area (Å²) in [6.45, 7) is 0. The Balaban J connectivity index is 1.17. The Bertz CT molecular complexity index is 2980. The van der Waals surface area contributed by atoms with Crippen LogP contribution >= 0.6 is 11.3 Å². The molecule has 1 aliphatic heterocycles. The fourth-order valence-corrected chi connectivity index (χ4v) is 15.5. The number of rotatable bonds is 8. The summed E-state index contributed by atoms with van der Waals surface area (Å²) in [5.41, 5.74) is 9.43. The van der Waals surface area contributed by atoms with Crippen LogP contribution in [0.15, 0.2) is 231 Å². The second kappa shape index (κ2) is 14.2. The largest absolute Gasteiger partial charge is 0.310 e. The van der Waals surface area contributed by atoms with Crippen LogP contribution in [0.25, 0.3) is 31.3 Å². The van der Waals surface area contributed by atoms with Crippen LogP contribution in [0, 0.1) is 0 Å². The molecule has 0 saturated carbocycles. The number of anilines is 6. The molecule has 11 rings (SSSR count). The molecule has 0 radical (unpaired) electrons. The summed E-state index contributed by atoms with van der Waals surface area (Å²) >= 11 is 1.87. The predicted octanol–water partition coefficient (Wildman–Crippen LogP) is 12.4. The van der Waals surface area contributed by atoms with Gasteiger partial charge in [-0.3, -0.25) is 0 Å². The van der Waals surface area contributed by atoms with Gasteiger partial charge in [0, 0.05) is 54.3 Å². The van der Waals surface area contributed by atoms with Crippen LogP contribution in [-0.4, -0.2) is 8.07 Å². The first-order chi connectivity index (χ1) is 28.8. The van der Waals surface area contributed by atoms with Crippen LogP contribution in [0.1, 0.15) is 0 Å². The van der Waals surface area contributed by atoms with Crippen LogP contribution in [0.2, 0.25) is 0 Å². The van der Waals surface area contributed by atoms with Gasteiger partial charge in [-0.1, -0.05) is 152 Å². The number of nitrogens with zero attached hydrogens (tertiary/aromatic N) is 2. The van der Waals surface area contributed by atoms with E-state index in [1.165, 1.54) is 52.0 Å². The highest BCUT2D eigenvalue weighted by atomic mass is 32.1. The summed E-state index contributed by atoms with van der Waals surface area (Å²) in [7, 11) is -2.83. The third kappa shape index (κ3) is 5.53. The van der Waals surface area contributed by atoms with E-state index in [0.29, 0.717) is 0 Å². The van der Waals surface area contributed by atoms with E-state index in [1.54, 1.807) is 0 Å². The number of thiophene rings is 1. The molecule has 0 unspecified atom stereocenters. The molecule has 2 nitrogen and oxygen atoms in total. The van der Waals surface area contributed by atoms with E-state index >= 15 is 0 Å². The van der Waals surface area contributed by atoms with E-state index in [-0.39, 0.29) is 0 Å². The fourth-order valence-electron chi connectivity index (χ4n) is 9.23. The summed E-state index contributed by atoms with van der Waals surface area (Å²) in [5, 5.41) is 8.20. The van der Waals surface area contributed by atoms with Crippen LogP contribution in [0.5, 0.6) is 0 Å². The topological polar surface area (TPSA) is 6.48 Å². The Hall–Kier alpha value is -6.98. The third-order valence-electron chi connectivity index (χ3n) is 11.7. The standard InChI is InChI=1S/C54H38N2SSi/c1-6-18-39(19-7-1)55(40-20-8-2-9-21-40)42-32-35-53-50(36-42)49-34-31-44(38-54(49)58(53,45-24-12-4-13-25-45)46-26-14-5-15-27-46)56(41-22-10-3-11-23-41)43-30-33-48-47-28-16-17-29-51(47)57-52(48)37-43/h1-38H. The Morgan fingerprint density at radius 3 is 1.34 bits per heavy atom. The summed E-state index contributed by atoms with van der Waals surface area (Å²) in [5.74, 6) is 0. The smallest absolute Gasteiger partial charge is 0.180 e. The summed E-state index contributed by atoms with van der Waals surface area (Å²) in [4.78, 5) is 4.82. The van der Waals surface area contributed by atoms with Crippen molar-refractivity contribution < 1.29 is 0 Å². The van der Waals surface area contributed by atoms with Crippen molar-refractivity contribution in [2.45, 2.75) is 0 Å². The highest BCUT2D eigenvalue weighted by molar-refractivity contribution is 7.26. The van der Waals surface area contributed by atoms with Crippen LogP contribution in [0.3, 0.4) is 0 Å². The molecule has 0 amide bonds. The van der Waals surface area contributed by atoms with Crippen LogP contribution in [-0.2, 0) is 0 Å². The van der Waals surface area contributed by atoms with E-state index in [1.807, 2.05) is 11.3 Å². The SMILES string of the molecule is c1ccc(N(c2ccccc2)c2ccc3c(c2)-c2ccc(N(c4ccccc4)c4ccc5c(c4)sc4ccccc45)cc2[Si]3(c2ccccc2)c2ccccc2)cc1. The van der Waals surface area contributed by atoms with Gasteiger partial charge in [0.05, 0.1) is 0 Å². The lowest BCUT2D eigenvalue weighted by Crippen LogP contribution is -2.72. The van der Waals surface area contributed by atoms with Gasteiger partial charge in [0.1, 0.15) is 0 Å². The van der Waals surface area contributed by atoms with Crippen LogP contribution < -0.4 is 30.5 Å². The second-order valence-electron chi connectivity index (χ2n) is 14.9. The Morgan fingerprint density at radius 1 is 0.293 bits per heavy atom. The molecule has 0 spiro atoms.